The molecule has 2 aromatic rings. The van der Waals surface area contributed by atoms with Gasteiger partial charge < -0.3 is 16.4 Å². The van der Waals surface area contributed by atoms with Gasteiger partial charge in [-0.05, 0) is 36.2 Å². The van der Waals surface area contributed by atoms with Crippen molar-refractivity contribution in [1.29, 1.82) is 0 Å². The number of nitrogen functional groups attached to an aromatic ring is 1. The van der Waals surface area contributed by atoms with Gasteiger partial charge in [-0.1, -0.05) is 24.4 Å². The van der Waals surface area contributed by atoms with E-state index in [1.165, 1.54) is 12.1 Å². The van der Waals surface area contributed by atoms with E-state index in [1.54, 1.807) is 6.07 Å². The molecule has 1 aliphatic rings. The number of nitroso groups, excluding NO2 is 1. The lowest BCUT2D eigenvalue weighted by atomic mass is 10.2. The molecule has 7 nitrogen and oxygen atoms in total. The molecule has 0 amide bonds. The minimum Gasteiger partial charge on any atom is -0.380 e. The Labute approximate surface area is 142 Å². The van der Waals surface area contributed by atoms with Crippen LogP contribution in [-0.2, 0) is 0 Å². The van der Waals surface area contributed by atoms with Gasteiger partial charge in [0.25, 0.3) is 0 Å². The lowest BCUT2D eigenvalue weighted by Crippen LogP contribution is -2.18. The van der Waals surface area contributed by atoms with E-state index >= 15 is 0 Å². The Hall–Kier alpha value is -2.48. The normalized spacial score (nSPS) is 14.6. The van der Waals surface area contributed by atoms with Gasteiger partial charge in [-0.25, -0.2) is 14.4 Å². The van der Waals surface area contributed by atoms with Gasteiger partial charge >= 0.3 is 0 Å². The van der Waals surface area contributed by atoms with Crippen LogP contribution in [0, 0.1) is 10.7 Å². The molecule has 0 saturated heterocycles. The highest BCUT2D eigenvalue weighted by Gasteiger charge is 2.19. The molecule has 1 aromatic heterocycles. The topological polar surface area (TPSA) is 105 Å². The number of nitrogens with two attached hydrogens (primary N) is 1. The molecule has 126 valence electrons. The number of hydrogen-bond acceptors (Lipinski definition) is 7. The van der Waals surface area contributed by atoms with Crippen molar-refractivity contribution in [1.82, 2.24) is 9.97 Å². The van der Waals surface area contributed by atoms with Crippen LogP contribution in [0.5, 0.6) is 0 Å². The second kappa shape index (κ2) is 6.96. The van der Waals surface area contributed by atoms with Crippen molar-refractivity contribution in [3.05, 3.63) is 33.9 Å². The van der Waals surface area contributed by atoms with Crippen molar-refractivity contribution in [2.24, 2.45) is 5.18 Å². The molecule has 0 spiro atoms. The third kappa shape index (κ3) is 3.53. The van der Waals surface area contributed by atoms with Crippen LogP contribution in [0.3, 0.4) is 0 Å². The van der Waals surface area contributed by atoms with Gasteiger partial charge in [0.2, 0.25) is 5.82 Å². The van der Waals surface area contributed by atoms with Crippen molar-refractivity contribution < 1.29 is 4.39 Å². The average Bonchev–Trinajstić information content (AvgIpc) is 3.06. The standard InChI is InChI=1S/C15H16ClFN6O/c16-10-6-5-9(7-11(10)17)20-15-14(19-8-3-1-2-4-8)21-12(18)13(22-15)23-24/h5-8H,1-4H2,(H,20,22)(H3,18,19,21). The molecule has 24 heavy (non-hydrogen) atoms. The lowest BCUT2D eigenvalue weighted by molar-refractivity contribution is 0.629. The van der Waals surface area contributed by atoms with Gasteiger partial charge in [0.05, 0.1) is 5.02 Å². The Kier molecular flexibility index (Phi) is 4.75. The van der Waals surface area contributed by atoms with Crippen LogP contribution in [0.4, 0.5) is 33.3 Å². The summed E-state index contributed by atoms with van der Waals surface area (Å²) in [5.74, 6) is -0.180. The van der Waals surface area contributed by atoms with Gasteiger partial charge in [0.1, 0.15) is 5.82 Å². The summed E-state index contributed by atoms with van der Waals surface area (Å²) in [4.78, 5) is 19.1. The number of hydrogen-bond donors (Lipinski definition) is 3. The Morgan fingerprint density at radius 1 is 1.25 bits per heavy atom. The lowest BCUT2D eigenvalue weighted by Gasteiger charge is -2.17. The zero-order valence-corrected chi connectivity index (χ0v) is 13.5. The van der Waals surface area contributed by atoms with Gasteiger partial charge in [-0.15, -0.1) is 4.91 Å². The van der Waals surface area contributed by atoms with Gasteiger partial charge in [0, 0.05) is 11.7 Å². The van der Waals surface area contributed by atoms with Crippen LogP contribution >= 0.6 is 11.6 Å². The molecule has 0 aliphatic heterocycles. The summed E-state index contributed by atoms with van der Waals surface area (Å²) in [7, 11) is 0. The van der Waals surface area contributed by atoms with Crippen LogP contribution < -0.4 is 16.4 Å². The van der Waals surface area contributed by atoms with E-state index in [9.17, 15) is 9.30 Å². The molecule has 0 unspecified atom stereocenters. The fourth-order valence-electron chi connectivity index (χ4n) is 2.67. The highest BCUT2D eigenvalue weighted by Crippen LogP contribution is 2.31. The first-order valence-electron chi connectivity index (χ1n) is 7.56. The van der Waals surface area contributed by atoms with Crippen LogP contribution in [0.1, 0.15) is 25.7 Å². The van der Waals surface area contributed by atoms with Crippen LogP contribution in [0.15, 0.2) is 23.4 Å². The molecule has 1 fully saturated rings. The first-order valence-corrected chi connectivity index (χ1v) is 7.94. The minimum absolute atomic E-state index is 0.0171. The predicted octanol–water partition coefficient (Wildman–Crippen LogP) is 4.35. The molecule has 1 saturated carbocycles. The Morgan fingerprint density at radius 3 is 2.67 bits per heavy atom. The predicted molar refractivity (Wildman–Crippen MR) is 92.5 cm³/mol. The van der Waals surface area contributed by atoms with Crippen LogP contribution in [0.25, 0.3) is 0 Å². The van der Waals surface area contributed by atoms with Gasteiger partial charge in [-0.2, -0.15) is 0 Å². The van der Waals surface area contributed by atoms with Gasteiger partial charge in [-0.3, -0.25) is 0 Å². The average molecular weight is 351 g/mol. The van der Waals surface area contributed by atoms with E-state index in [4.69, 9.17) is 17.3 Å². The molecule has 1 aromatic carbocycles. The zero-order valence-electron chi connectivity index (χ0n) is 12.7. The maximum absolute atomic E-state index is 13.6. The van der Waals surface area contributed by atoms with Crippen molar-refractivity contribution >= 4 is 40.6 Å². The molecule has 0 radical (unpaired) electrons. The van der Waals surface area contributed by atoms with Gasteiger partial charge in [0.15, 0.2) is 17.5 Å². The number of halogens is 2. The first kappa shape index (κ1) is 16.4. The third-order valence-corrected chi connectivity index (χ3v) is 4.17. The second-order valence-electron chi connectivity index (χ2n) is 5.60. The summed E-state index contributed by atoms with van der Waals surface area (Å²) in [6.07, 6.45) is 4.31. The monoisotopic (exact) mass is 350 g/mol. The van der Waals surface area contributed by atoms with Crippen LogP contribution in [0.2, 0.25) is 5.02 Å². The number of rotatable bonds is 5. The molecule has 0 atom stereocenters. The summed E-state index contributed by atoms with van der Waals surface area (Å²) < 4.78 is 13.6. The Balaban J connectivity index is 1.93. The zero-order chi connectivity index (χ0) is 17.1. The highest BCUT2D eigenvalue weighted by molar-refractivity contribution is 6.30. The SMILES string of the molecule is Nc1nc(NC2CCCC2)c(Nc2ccc(Cl)c(F)c2)nc1N=O. The van der Waals surface area contributed by atoms with Crippen LogP contribution in [-0.4, -0.2) is 16.0 Å². The third-order valence-electron chi connectivity index (χ3n) is 3.87. The first-order chi connectivity index (χ1) is 11.6. The smallest absolute Gasteiger partial charge is 0.241 e. The van der Waals surface area contributed by atoms with Crippen molar-refractivity contribution in [2.45, 2.75) is 31.7 Å². The number of anilines is 4. The maximum atomic E-state index is 13.6. The van der Waals surface area contributed by atoms with E-state index in [0.717, 1.165) is 25.7 Å². The largest absolute Gasteiger partial charge is 0.380 e. The number of nitrogens with one attached hydrogen (secondary N) is 2. The maximum Gasteiger partial charge on any atom is 0.241 e. The summed E-state index contributed by atoms with van der Waals surface area (Å²) in [6.45, 7) is 0. The number of nitrogens with zero attached hydrogens (tertiary/aromatic N) is 3. The molecular weight excluding hydrogens is 335 g/mol. The minimum atomic E-state index is -0.566. The molecule has 4 N–H and O–H groups in total. The van der Waals surface area contributed by atoms with E-state index < -0.39 is 5.82 Å². The quantitative estimate of drug-likeness (QED) is 0.692. The van der Waals surface area contributed by atoms with E-state index in [0.29, 0.717) is 11.5 Å². The molecule has 1 aliphatic carbocycles. The Morgan fingerprint density at radius 2 is 2.00 bits per heavy atom. The molecule has 1 heterocycles. The second-order valence-corrected chi connectivity index (χ2v) is 6.01. The summed E-state index contributed by atoms with van der Waals surface area (Å²) >= 11 is 5.68. The van der Waals surface area contributed by atoms with E-state index in [-0.39, 0.29) is 28.5 Å². The number of benzene rings is 1. The molecule has 0 bridgehead atoms. The van der Waals surface area contributed by atoms with E-state index in [1.807, 2.05) is 0 Å². The van der Waals surface area contributed by atoms with Crippen molar-refractivity contribution in [3.8, 4) is 0 Å². The number of aromatic nitrogens is 2. The summed E-state index contributed by atoms with van der Waals surface area (Å²) in [5, 5.41) is 8.98. The molecule has 3 rings (SSSR count). The fourth-order valence-corrected chi connectivity index (χ4v) is 2.79. The molecular formula is C15H16ClFN6O. The fraction of sp³-hybridized carbons (Fsp3) is 0.333. The van der Waals surface area contributed by atoms with Crippen molar-refractivity contribution in [3.63, 3.8) is 0 Å². The Bertz CT molecular complexity index is 766. The van der Waals surface area contributed by atoms with Crippen molar-refractivity contribution in [2.75, 3.05) is 16.4 Å². The summed E-state index contributed by atoms with van der Waals surface area (Å²) in [5.41, 5.74) is 6.12. The van der Waals surface area contributed by atoms with E-state index in [2.05, 4.69) is 25.8 Å². The highest BCUT2D eigenvalue weighted by atomic mass is 35.5. The summed E-state index contributed by atoms with van der Waals surface area (Å²) in [6, 6.07) is 4.51. The molecule has 9 heteroatoms.